The van der Waals surface area contributed by atoms with Crippen LogP contribution in [-0.4, -0.2) is 113 Å². The maximum absolute atomic E-state index is 16.8. The Kier molecular flexibility index (Phi) is 9.67. The zero-order chi connectivity index (χ0) is 35.2. The number of rotatable bonds is 10. The third-order valence-electron chi connectivity index (χ3n) is 10.9. The molecule has 0 unspecified atom stereocenters. The molecule has 1 aromatic carbocycles. The lowest BCUT2D eigenvalue weighted by atomic mass is 9.95. The highest BCUT2D eigenvalue weighted by molar-refractivity contribution is 6.32. The number of aromatic nitrogens is 3. The Hall–Kier alpha value is -3.92. The van der Waals surface area contributed by atoms with Crippen LogP contribution in [0, 0.1) is 17.1 Å². The van der Waals surface area contributed by atoms with E-state index in [2.05, 4.69) is 20.9 Å². The second kappa shape index (κ2) is 14.0. The molecular weight excluding hydrogens is 662 g/mol. The van der Waals surface area contributed by atoms with Gasteiger partial charge in [0.25, 0.3) is 0 Å². The van der Waals surface area contributed by atoms with Gasteiger partial charge in [-0.3, -0.25) is 14.7 Å². The van der Waals surface area contributed by atoms with Gasteiger partial charge in [0.05, 0.1) is 29.5 Å². The Morgan fingerprint density at radius 1 is 1.24 bits per heavy atom. The molecule has 5 heterocycles. The second-order valence-corrected chi connectivity index (χ2v) is 14.8. The van der Waals surface area contributed by atoms with Crippen molar-refractivity contribution in [3.05, 3.63) is 53.0 Å². The number of hydrogen-bond acceptors (Lipinski definition) is 9. The Labute approximate surface area is 296 Å². The largest absolute Gasteiger partial charge is 0.461 e. The predicted octanol–water partition coefficient (Wildman–Crippen LogP) is 5.75. The molecule has 7 rings (SSSR count). The molecular formula is C37H43ClF2N8O2. The third-order valence-corrected chi connectivity index (χ3v) is 11.2. The summed E-state index contributed by atoms with van der Waals surface area (Å²) in [6.07, 6.45) is 8.31. The number of pyridine rings is 1. The van der Waals surface area contributed by atoms with Crippen molar-refractivity contribution in [2.75, 3.05) is 58.3 Å². The van der Waals surface area contributed by atoms with Crippen molar-refractivity contribution >= 4 is 34.2 Å². The molecule has 3 aliphatic heterocycles. The van der Waals surface area contributed by atoms with Crippen LogP contribution in [0.2, 0.25) is 5.02 Å². The highest BCUT2D eigenvalue weighted by Gasteiger charge is 2.49. The van der Waals surface area contributed by atoms with E-state index in [0.29, 0.717) is 54.4 Å². The number of fused-ring (bicyclic) bond motifs is 2. The summed E-state index contributed by atoms with van der Waals surface area (Å²) >= 11 is 6.63. The summed E-state index contributed by atoms with van der Waals surface area (Å²) in [4.78, 5) is 35.2. The van der Waals surface area contributed by atoms with Crippen molar-refractivity contribution in [3.8, 4) is 23.3 Å². The van der Waals surface area contributed by atoms with E-state index in [0.717, 1.165) is 37.8 Å². The van der Waals surface area contributed by atoms with Gasteiger partial charge < -0.3 is 19.4 Å². The number of carbonyl (C=O) groups excluding carboxylic acids is 1. The zero-order valence-corrected chi connectivity index (χ0v) is 29.5. The van der Waals surface area contributed by atoms with E-state index in [9.17, 15) is 14.4 Å². The summed E-state index contributed by atoms with van der Waals surface area (Å²) in [5.41, 5.74) is 1.30. The molecule has 264 valence electrons. The molecule has 10 nitrogen and oxygen atoms in total. The molecule has 4 aliphatic rings. The van der Waals surface area contributed by atoms with Crippen LogP contribution >= 0.6 is 11.6 Å². The van der Waals surface area contributed by atoms with Crippen LogP contribution in [0.5, 0.6) is 6.01 Å². The molecule has 0 bridgehead atoms. The minimum Gasteiger partial charge on any atom is -0.461 e. The number of nitriles is 1. The van der Waals surface area contributed by atoms with Crippen molar-refractivity contribution < 1.29 is 18.3 Å². The van der Waals surface area contributed by atoms with Gasteiger partial charge in [-0.2, -0.15) is 15.2 Å². The molecule has 1 aliphatic carbocycles. The summed E-state index contributed by atoms with van der Waals surface area (Å²) in [5.74, 6) is -0.0951. The molecule has 4 atom stereocenters. The van der Waals surface area contributed by atoms with Gasteiger partial charge in [-0.15, -0.1) is 0 Å². The van der Waals surface area contributed by atoms with Crippen LogP contribution in [0.4, 0.5) is 14.6 Å². The van der Waals surface area contributed by atoms with Crippen molar-refractivity contribution in [2.24, 2.45) is 0 Å². The van der Waals surface area contributed by atoms with Gasteiger partial charge in [0.1, 0.15) is 29.8 Å². The average Bonchev–Trinajstić information content (AvgIpc) is 3.79. The van der Waals surface area contributed by atoms with Gasteiger partial charge in [-0.1, -0.05) is 29.8 Å². The number of alkyl halides is 1. The van der Waals surface area contributed by atoms with Gasteiger partial charge in [0, 0.05) is 61.5 Å². The fraction of sp³-hybridized carbons (Fsp3) is 0.541. The summed E-state index contributed by atoms with van der Waals surface area (Å²) in [6.45, 7) is 4.41. The van der Waals surface area contributed by atoms with Gasteiger partial charge in [0.2, 0.25) is 5.91 Å². The molecule has 4 fully saturated rings. The van der Waals surface area contributed by atoms with Gasteiger partial charge in [-0.05, 0) is 70.8 Å². The van der Waals surface area contributed by atoms with Gasteiger partial charge >= 0.3 is 6.01 Å². The first kappa shape index (κ1) is 34.5. The number of halogens is 3. The first-order valence-electron chi connectivity index (χ1n) is 17.5. The van der Waals surface area contributed by atoms with E-state index in [1.165, 1.54) is 0 Å². The number of nitrogens with zero attached hydrogens (tertiary/aromatic N) is 8. The van der Waals surface area contributed by atoms with Crippen LogP contribution in [0.3, 0.4) is 0 Å². The molecule has 50 heavy (non-hydrogen) atoms. The normalized spacial score (nSPS) is 24.7. The quantitative estimate of drug-likeness (QED) is 0.244. The van der Waals surface area contributed by atoms with Crippen LogP contribution in [0.15, 0.2) is 36.5 Å². The number of hydrogen-bond donors (Lipinski definition) is 0. The minimum atomic E-state index is -0.923. The van der Waals surface area contributed by atoms with Crippen molar-refractivity contribution in [1.29, 1.82) is 5.26 Å². The average molecular weight is 705 g/mol. The molecule has 0 radical (unpaired) electrons. The standard InChI is InChI=1S/C37H43ClF2N8O2/c1-23(45(2)3)8-11-30(49)48-17-16-46(21-26(48)12-14-41)35-28-19-42-33(27-6-4-7-29(38)31(27)24-9-10-24)32(40)34(28)43-36(44-35)50-22-37-13-5-15-47(37)20-25(39)18-37/h4,6-8,11,19,23-26H,5,9-10,12-13,15-18,20-22H2,1-3H3/b11-8+/t23-,25-,26+,37+/m1/s1. The minimum absolute atomic E-state index is 0.00320. The zero-order valence-electron chi connectivity index (χ0n) is 28.8. The first-order chi connectivity index (χ1) is 24.1. The highest BCUT2D eigenvalue weighted by atomic mass is 35.5. The Balaban J connectivity index is 1.26. The molecule has 13 heteroatoms. The predicted molar refractivity (Wildman–Crippen MR) is 188 cm³/mol. The molecule has 0 N–H and O–H groups in total. The molecule has 1 saturated carbocycles. The lowest BCUT2D eigenvalue weighted by Crippen LogP contribution is -2.55. The summed E-state index contributed by atoms with van der Waals surface area (Å²) < 4.78 is 37.7. The molecule has 0 spiro atoms. The lowest BCUT2D eigenvalue weighted by molar-refractivity contribution is -0.128. The van der Waals surface area contributed by atoms with Crippen molar-refractivity contribution in [1.82, 2.24) is 29.7 Å². The topological polar surface area (TPSA) is 102 Å². The van der Waals surface area contributed by atoms with Crippen molar-refractivity contribution in [2.45, 2.75) is 75.2 Å². The van der Waals surface area contributed by atoms with Crippen LogP contribution in [-0.2, 0) is 4.79 Å². The number of likely N-dealkylation sites (N-methyl/N-ethyl adjacent to an activating group) is 1. The lowest BCUT2D eigenvalue weighted by Gasteiger charge is -2.41. The monoisotopic (exact) mass is 704 g/mol. The number of amides is 1. The van der Waals surface area contributed by atoms with Crippen LogP contribution < -0.4 is 9.64 Å². The van der Waals surface area contributed by atoms with Crippen LogP contribution in [0.25, 0.3) is 22.2 Å². The Morgan fingerprint density at radius 2 is 2.06 bits per heavy atom. The molecule has 3 aromatic rings. The van der Waals surface area contributed by atoms with E-state index >= 15 is 4.39 Å². The molecule has 3 saturated heterocycles. The molecule has 2 aromatic heterocycles. The third kappa shape index (κ3) is 6.63. The maximum atomic E-state index is 16.8. The van der Waals surface area contributed by atoms with E-state index in [-0.39, 0.29) is 48.1 Å². The SMILES string of the molecule is C[C@H](/C=C/C(=O)N1CCN(c2nc(OC[C@@]34CCCN3C[C@H](F)C4)nc3c(F)c(-c4cccc(Cl)c4C4CC4)ncc23)C[C@@H]1CC#N)N(C)C. The molecule has 1 amide bonds. The fourth-order valence-electron chi connectivity index (χ4n) is 7.80. The number of anilines is 1. The summed E-state index contributed by atoms with van der Waals surface area (Å²) in [5, 5.41) is 10.7. The number of ether oxygens (including phenoxy) is 1. The van der Waals surface area contributed by atoms with Crippen LogP contribution in [0.1, 0.15) is 56.9 Å². The van der Waals surface area contributed by atoms with E-state index in [4.69, 9.17) is 21.3 Å². The Bertz CT molecular complexity index is 1850. The summed E-state index contributed by atoms with van der Waals surface area (Å²) in [6, 6.07) is 7.33. The van der Waals surface area contributed by atoms with Gasteiger partial charge in [0.15, 0.2) is 5.82 Å². The van der Waals surface area contributed by atoms with E-state index < -0.39 is 23.6 Å². The number of carbonyl (C=O) groups is 1. The van der Waals surface area contributed by atoms with Crippen molar-refractivity contribution in [3.63, 3.8) is 0 Å². The Morgan fingerprint density at radius 3 is 2.82 bits per heavy atom. The maximum Gasteiger partial charge on any atom is 0.319 e. The highest BCUT2D eigenvalue weighted by Crippen LogP contribution is 2.48. The smallest absolute Gasteiger partial charge is 0.319 e. The first-order valence-corrected chi connectivity index (χ1v) is 17.9. The summed E-state index contributed by atoms with van der Waals surface area (Å²) in [7, 11) is 3.88. The van der Waals surface area contributed by atoms with Gasteiger partial charge in [-0.25, -0.2) is 8.78 Å². The van der Waals surface area contributed by atoms with E-state index in [1.807, 2.05) is 49.0 Å². The van der Waals surface area contributed by atoms with E-state index in [1.54, 1.807) is 23.2 Å². The number of piperazine rings is 1. The fourth-order valence-corrected chi connectivity index (χ4v) is 8.13. The second-order valence-electron chi connectivity index (χ2n) is 14.4. The number of benzene rings is 1.